The summed E-state index contributed by atoms with van der Waals surface area (Å²) >= 11 is 0. The molecule has 1 saturated heterocycles. The van der Waals surface area contributed by atoms with Crippen LogP contribution in [0.25, 0.3) is 0 Å². The Morgan fingerprint density at radius 1 is 1.43 bits per heavy atom. The number of sulfonamides is 1. The zero-order chi connectivity index (χ0) is 15.5. The fourth-order valence-electron chi connectivity index (χ4n) is 2.41. The zero-order valence-electron chi connectivity index (χ0n) is 11.6. The third-order valence-electron chi connectivity index (χ3n) is 3.53. The Morgan fingerprint density at radius 2 is 2.19 bits per heavy atom. The maximum absolute atomic E-state index is 12.7. The highest BCUT2D eigenvalue weighted by atomic mass is 32.2. The molecule has 1 aromatic carbocycles. The minimum atomic E-state index is -3.68. The minimum absolute atomic E-state index is 0.136. The summed E-state index contributed by atoms with van der Waals surface area (Å²) in [5, 5.41) is 8.92. The number of piperidine rings is 1. The molecule has 1 heterocycles. The molecule has 21 heavy (non-hydrogen) atoms. The second-order valence-electron chi connectivity index (χ2n) is 4.97. The van der Waals surface area contributed by atoms with Crippen molar-refractivity contribution in [3.63, 3.8) is 0 Å². The molecule has 1 aliphatic heterocycles. The van der Waals surface area contributed by atoms with Gasteiger partial charge in [-0.15, -0.1) is 0 Å². The van der Waals surface area contributed by atoms with Gasteiger partial charge in [0.25, 0.3) is 0 Å². The summed E-state index contributed by atoms with van der Waals surface area (Å²) in [4.78, 5) is 14.1. The van der Waals surface area contributed by atoms with E-state index < -0.39 is 10.0 Å². The molecule has 1 fully saturated rings. The first kappa shape index (κ1) is 15.4. The van der Waals surface area contributed by atoms with Gasteiger partial charge in [0, 0.05) is 13.1 Å². The van der Waals surface area contributed by atoms with E-state index in [1.807, 2.05) is 6.07 Å². The van der Waals surface area contributed by atoms with Crippen LogP contribution in [-0.4, -0.2) is 37.9 Å². The van der Waals surface area contributed by atoms with E-state index in [0.29, 0.717) is 30.5 Å². The lowest BCUT2D eigenvalue weighted by atomic mass is 10.1. The zero-order valence-corrected chi connectivity index (χ0v) is 12.4. The number of hydrogen-bond donors (Lipinski definition) is 0. The highest BCUT2D eigenvalue weighted by Gasteiger charge is 2.31. The third kappa shape index (κ3) is 3.19. The van der Waals surface area contributed by atoms with Crippen LogP contribution in [-0.2, 0) is 14.8 Å². The van der Waals surface area contributed by atoms with Crippen LogP contribution in [0.4, 0.5) is 0 Å². The van der Waals surface area contributed by atoms with Gasteiger partial charge in [-0.2, -0.15) is 9.57 Å². The molecule has 0 N–H and O–H groups in total. The molecule has 0 spiro atoms. The maximum Gasteiger partial charge on any atom is 0.243 e. The molecular weight excluding hydrogens is 290 g/mol. The quantitative estimate of drug-likeness (QED) is 0.622. The van der Waals surface area contributed by atoms with Gasteiger partial charge >= 0.3 is 0 Å². The van der Waals surface area contributed by atoms with E-state index in [9.17, 15) is 13.2 Å². The summed E-state index contributed by atoms with van der Waals surface area (Å²) in [5.74, 6) is 0. The van der Waals surface area contributed by atoms with Crippen LogP contribution in [0.1, 0.15) is 24.0 Å². The Kier molecular flexibility index (Phi) is 4.53. The van der Waals surface area contributed by atoms with Crippen molar-refractivity contribution in [1.82, 2.24) is 4.31 Å². The van der Waals surface area contributed by atoms with Crippen molar-refractivity contribution >= 4 is 16.1 Å². The second-order valence-corrected chi connectivity index (χ2v) is 6.88. The molecule has 1 aliphatic rings. The molecule has 2 rings (SSSR count). The minimum Gasteiger partial charge on any atom is -0.211 e. The van der Waals surface area contributed by atoms with E-state index >= 15 is 0 Å². The second kappa shape index (κ2) is 6.19. The number of nitriles is 1. The van der Waals surface area contributed by atoms with Gasteiger partial charge in [-0.05, 0) is 37.5 Å². The van der Waals surface area contributed by atoms with Crippen LogP contribution < -0.4 is 0 Å². The van der Waals surface area contributed by atoms with Crippen molar-refractivity contribution < 1.29 is 13.2 Å². The summed E-state index contributed by atoms with van der Waals surface area (Å²) in [7, 11) is -3.68. The van der Waals surface area contributed by atoms with Crippen LogP contribution >= 0.6 is 0 Å². The van der Waals surface area contributed by atoms with E-state index in [1.54, 1.807) is 19.1 Å². The summed E-state index contributed by atoms with van der Waals surface area (Å²) in [5.41, 5.74) is 0.897. The van der Waals surface area contributed by atoms with Crippen molar-refractivity contribution in [2.45, 2.75) is 30.7 Å². The third-order valence-corrected chi connectivity index (χ3v) is 5.54. The lowest BCUT2D eigenvalue weighted by Gasteiger charge is -2.29. The Bertz CT molecular complexity index is 730. The average molecular weight is 305 g/mol. The highest BCUT2D eigenvalue weighted by molar-refractivity contribution is 7.89. The molecule has 0 bridgehead atoms. The van der Waals surface area contributed by atoms with Crippen LogP contribution in [0.5, 0.6) is 0 Å². The molecule has 1 atom stereocenters. The number of benzene rings is 1. The molecule has 0 radical (unpaired) electrons. The van der Waals surface area contributed by atoms with Crippen molar-refractivity contribution in [2.75, 3.05) is 13.1 Å². The number of nitrogens with zero attached hydrogens (tertiary/aromatic N) is 3. The highest BCUT2D eigenvalue weighted by Crippen LogP contribution is 2.25. The first-order valence-electron chi connectivity index (χ1n) is 6.57. The number of aryl methyl sites for hydroxylation is 1. The van der Waals surface area contributed by atoms with Gasteiger partial charge < -0.3 is 0 Å². The molecule has 1 unspecified atom stereocenters. The summed E-state index contributed by atoms with van der Waals surface area (Å²) in [6, 6.07) is 6.20. The van der Waals surface area contributed by atoms with Gasteiger partial charge in [0.2, 0.25) is 16.1 Å². The predicted octanol–water partition coefficient (Wildman–Crippen LogP) is 1.36. The fourth-order valence-corrected chi connectivity index (χ4v) is 4.17. The monoisotopic (exact) mass is 305 g/mol. The molecule has 0 amide bonds. The SMILES string of the molecule is Cc1ccc(C#N)cc1S(=O)(=O)N1CCCC(N=C=O)C1. The van der Waals surface area contributed by atoms with E-state index in [0.717, 1.165) is 0 Å². The number of rotatable bonds is 3. The number of carbonyl (C=O) groups excluding carboxylic acids is 1. The van der Waals surface area contributed by atoms with Crippen LogP contribution in [0.15, 0.2) is 28.1 Å². The molecule has 7 heteroatoms. The molecule has 0 aromatic heterocycles. The average Bonchev–Trinajstić information content (AvgIpc) is 2.48. The van der Waals surface area contributed by atoms with Crippen molar-refractivity contribution in [2.24, 2.45) is 4.99 Å². The number of isocyanates is 1. The van der Waals surface area contributed by atoms with Gasteiger partial charge in [0.15, 0.2) is 0 Å². The summed E-state index contributed by atoms with van der Waals surface area (Å²) in [6.07, 6.45) is 2.81. The molecule has 0 saturated carbocycles. The largest absolute Gasteiger partial charge is 0.243 e. The van der Waals surface area contributed by atoms with E-state index in [1.165, 1.54) is 16.5 Å². The maximum atomic E-state index is 12.7. The van der Waals surface area contributed by atoms with Crippen molar-refractivity contribution in [3.8, 4) is 6.07 Å². The van der Waals surface area contributed by atoms with Gasteiger partial charge in [-0.3, -0.25) is 0 Å². The molecule has 1 aromatic rings. The van der Waals surface area contributed by atoms with Crippen molar-refractivity contribution in [1.29, 1.82) is 5.26 Å². The van der Waals surface area contributed by atoms with Crippen molar-refractivity contribution in [3.05, 3.63) is 29.3 Å². The van der Waals surface area contributed by atoms with Gasteiger partial charge in [0.05, 0.1) is 22.6 Å². The molecule has 0 aliphatic carbocycles. The van der Waals surface area contributed by atoms with E-state index in [2.05, 4.69) is 4.99 Å². The van der Waals surface area contributed by atoms with Crippen LogP contribution in [0, 0.1) is 18.3 Å². The lowest BCUT2D eigenvalue weighted by Crippen LogP contribution is -2.41. The standard InChI is InChI=1S/C14H15N3O3S/c1-11-4-5-12(8-15)7-14(11)21(19,20)17-6-2-3-13(9-17)16-10-18/h4-5,7,13H,2-3,6,9H2,1H3. The van der Waals surface area contributed by atoms with Crippen LogP contribution in [0.2, 0.25) is 0 Å². The Hall–Kier alpha value is -2.00. The number of hydrogen-bond acceptors (Lipinski definition) is 5. The first-order valence-corrected chi connectivity index (χ1v) is 8.01. The summed E-state index contributed by atoms with van der Waals surface area (Å²) in [6.45, 7) is 2.26. The van der Waals surface area contributed by atoms with Gasteiger partial charge in [-0.1, -0.05) is 6.07 Å². The molecular formula is C14H15N3O3S. The predicted molar refractivity (Wildman–Crippen MR) is 75.8 cm³/mol. The smallest absolute Gasteiger partial charge is 0.211 e. The molecule has 110 valence electrons. The number of aliphatic imine (C=N–C) groups is 1. The summed E-state index contributed by atoms with van der Waals surface area (Å²) < 4.78 is 26.7. The van der Waals surface area contributed by atoms with Gasteiger partial charge in [0.1, 0.15) is 0 Å². The topological polar surface area (TPSA) is 90.6 Å². The van der Waals surface area contributed by atoms with E-state index in [4.69, 9.17) is 5.26 Å². The lowest BCUT2D eigenvalue weighted by molar-refractivity contribution is 0.316. The van der Waals surface area contributed by atoms with E-state index in [-0.39, 0.29) is 17.5 Å². The first-order chi connectivity index (χ1) is 9.98. The normalized spacial score (nSPS) is 19.5. The molecule has 6 nitrogen and oxygen atoms in total. The Morgan fingerprint density at radius 3 is 2.86 bits per heavy atom. The Balaban J connectivity index is 2.38. The van der Waals surface area contributed by atoms with Crippen LogP contribution in [0.3, 0.4) is 0 Å². The Labute approximate surface area is 123 Å². The fraction of sp³-hybridized carbons (Fsp3) is 0.429. The van der Waals surface area contributed by atoms with Gasteiger partial charge in [-0.25, -0.2) is 18.2 Å².